The first kappa shape index (κ1) is 17.5. The van der Waals surface area contributed by atoms with Crippen molar-refractivity contribution < 1.29 is 9.53 Å². The Balaban J connectivity index is 1.55. The molecule has 0 saturated heterocycles. The summed E-state index contributed by atoms with van der Waals surface area (Å²) in [5, 5.41) is 1.68. The first-order valence-corrected chi connectivity index (χ1v) is 9.49. The highest BCUT2D eigenvalue weighted by Crippen LogP contribution is 2.27. The second-order valence-electron chi connectivity index (χ2n) is 6.55. The van der Waals surface area contributed by atoms with Gasteiger partial charge in [0, 0.05) is 16.6 Å². The highest BCUT2D eigenvalue weighted by Gasteiger charge is 2.18. The Bertz CT molecular complexity index is 1220. The van der Waals surface area contributed by atoms with E-state index in [1.165, 1.54) is 11.3 Å². The summed E-state index contributed by atoms with van der Waals surface area (Å²) in [5.74, 6) is -0.0235. The van der Waals surface area contributed by atoms with Crippen molar-refractivity contribution in [1.29, 1.82) is 0 Å². The molecule has 0 unspecified atom stereocenters. The van der Waals surface area contributed by atoms with Crippen LogP contribution in [0.2, 0.25) is 0 Å². The number of aromatic amines is 1. The third kappa shape index (κ3) is 3.14. The monoisotopic (exact) mass is 381 g/mol. The number of nitrogens with one attached hydrogen (secondary N) is 1. The van der Waals surface area contributed by atoms with E-state index in [-0.39, 0.29) is 18.1 Å². The van der Waals surface area contributed by atoms with Gasteiger partial charge in [-0.25, -0.2) is 4.98 Å². The lowest BCUT2D eigenvalue weighted by Crippen LogP contribution is -2.19. The number of aryl methyl sites for hydroxylation is 2. The van der Waals surface area contributed by atoms with Crippen LogP contribution >= 0.6 is 11.3 Å². The second-order valence-corrected chi connectivity index (χ2v) is 7.75. The van der Waals surface area contributed by atoms with Crippen molar-refractivity contribution in [2.75, 3.05) is 0 Å². The van der Waals surface area contributed by atoms with Crippen molar-refractivity contribution in [2.45, 2.75) is 33.4 Å². The fourth-order valence-corrected chi connectivity index (χ4v) is 4.21. The first-order chi connectivity index (χ1) is 12.9. The molecule has 1 N–H and O–H groups in total. The number of benzene rings is 1. The molecule has 1 aromatic carbocycles. The van der Waals surface area contributed by atoms with E-state index in [9.17, 15) is 9.59 Å². The van der Waals surface area contributed by atoms with E-state index < -0.39 is 6.10 Å². The Morgan fingerprint density at radius 2 is 2.07 bits per heavy atom. The van der Waals surface area contributed by atoms with Gasteiger partial charge in [0.05, 0.1) is 5.39 Å². The van der Waals surface area contributed by atoms with Gasteiger partial charge in [-0.2, -0.15) is 0 Å². The predicted octanol–water partition coefficient (Wildman–Crippen LogP) is 3.86. The number of nitrogens with zero attached hydrogens (tertiary/aromatic N) is 2. The lowest BCUT2D eigenvalue weighted by molar-refractivity contribution is -0.149. The average Bonchev–Trinajstić information content (AvgIpc) is 3.16. The van der Waals surface area contributed by atoms with Gasteiger partial charge in [-0.1, -0.05) is 18.2 Å². The van der Waals surface area contributed by atoms with Crippen molar-refractivity contribution in [3.63, 3.8) is 0 Å². The molecule has 0 bridgehead atoms. The SMILES string of the molecule is Cc1sc2nc([C@H](C)OC(=O)Cn3ccc4ccccc43)[nH]c(=O)c2c1C. The minimum atomic E-state index is -0.640. The molecule has 138 valence electrons. The van der Waals surface area contributed by atoms with Gasteiger partial charge in [-0.05, 0) is 43.9 Å². The number of para-hydroxylation sites is 1. The quantitative estimate of drug-likeness (QED) is 0.545. The predicted molar refractivity (Wildman–Crippen MR) is 106 cm³/mol. The third-order valence-electron chi connectivity index (χ3n) is 4.73. The highest BCUT2D eigenvalue weighted by molar-refractivity contribution is 7.18. The van der Waals surface area contributed by atoms with Crippen LogP contribution in [0.5, 0.6) is 0 Å². The van der Waals surface area contributed by atoms with Gasteiger partial charge < -0.3 is 14.3 Å². The maximum absolute atomic E-state index is 12.4. The summed E-state index contributed by atoms with van der Waals surface area (Å²) in [6.45, 7) is 5.69. The van der Waals surface area contributed by atoms with E-state index in [0.717, 1.165) is 21.3 Å². The van der Waals surface area contributed by atoms with Crippen molar-refractivity contribution in [1.82, 2.24) is 14.5 Å². The Hall–Kier alpha value is -2.93. The summed E-state index contributed by atoms with van der Waals surface area (Å²) < 4.78 is 7.35. The molecule has 3 heterocycles. The number of rotatable bonds is 4. The molecule has 0 spiro atoms. The van der Waals surface area contributed by atoms with Gasteiger partial charge in [-0.15, -0.1) is 11.3 Å². The topological polar surface area (TPSA) is 77.0 Å². The molecule has 27 heavy (non-hydrogen) atoms. The van der Waals surface area contributed by atoms with Gasteiger partial charge in [0.25, 0.3) is 5.56 Å². The van der Waals surface area contributed by atoms with E-state index in [1.54, 1.807) is 6.92 Å². The molecule has 0 aliphatic rings. The number of esters is 1. The van der Waals surface area contributed by atoms with Crippen LogP contribution in [-0.4, -0.2) is 20.5 Å². The zero-order chi connectivity index (χ0) is 19.1. The van der Waals surface area contributed by atoms with Crippen molar-refractivity contribution in [3.8, 4) is 0 Å². The van der Waals surface area contributed by atoms with Gasteiger partial charge in [0.2, 0.25) is 0 Å². The van der Waals surface area contributed by atoms with Crippen LogP contribution in [0.1, 0.15) is 29.3 Å². The Labute approximate surface area is 159 Å². The van der Waals surface area contributed by atoms with E-state index in [0.29, 0.717) is 16.0 Å². The van der Waals surface area contributed by atoms with Crippen LogP contribution in [-0.2, 0) is 16.1 Å². The molecule has 0 fully saturated rings. The van der Waals surface area contributed by atoms with Crippen LogP contribution in [0.15, 0.2) is 41.3 Å². The average molecular weight is 381 g/mol. The van der Waals surface area contributed by atoms with E-state index >= 15 is 0 Å². The fraction of sp³-hybridized carbons (Fsp3) is 0.250. The Kier molecular flexibility index (Phi) is 4.31. The molecule has 0 radical (unpaired) electrons. The largest absolute Gasteiger partial charge is 0.453 e. The lowest BCUT2D eigenvalue weighted by Gasteiger charge is -2.13. The highest BCUT2D eigenvalue weighted by atomic mass is 32.1. The number of ether oxygens (including phenoxy) is 1. The molecular weight excluding hydrogens is 362 g/mol. The summed E-state index contributed by atoms with van der Waals surface area (Å²) in [6.07, 6.45) is 1.22. The van der Waals surface area contributed by atoms with Gasteiger partial charge in [-0.3, -0.25) is 9.59 Å². The molecule has 0 saturated carbocycles. The number of carbonyl (C=O) groups is 1. The summed E-state index contributed by atoms with van der Waals surface area (Å²) in [6, 6.07) is 9.80. The number of fused-ring (bicyclic) bond motifs is 2. The summed E-state index contributed by atoms with van der Waals surface area (Å²) in [7, 11) is 0. The van der Waals surface area contributed by atoms with Crippen LogP contribution in [0.3, 0.4) is 0 Å². The Morgan fingerprint density at radius 1 is 1.30 bits per heavy atom. The fourth-order valence-electron chi connectivity index (χ4n) is 3.17. The standard InChI is InChI=1S/C20H19N3O3S/c1-11-13(3)27-20-17(11)19(25)21-18(22-20)12(2)26-16(24)10-23-9-8-14-6-4-5-7-15(14)23/h4-9,12H,10H2,1-3H3,(H,21,22,25)/t12-/m0/s1. The number of aromatic nitrogens is 3. The Morgan fingerprint density at radius 3 is 2.89 bits per heavy atom. The molecule has 7 heteroatoms. The number of carbonyl (C=O) groups excluding carboxylic acids is 1. The smallest absolute Gasteiger partial charge is 0.326 e. The van der Waals surface area contributed by atoms with Crippen LogP contribution in [0.25, 0.3) is 21.1 Å². The number of hydrogen-bond acceptors (Lipinski definition) is 5. The molecular formula is C20H19N3O3S. The molecule has 6 nitrogen and oxygen atoms in total. The summed E-state index contributed by atoms with van der Waals surface area (Å²) in [5.41, 5.74) is 1.72. The number of H-pyrrole nitrogens is 1. The van der Waals surface area contributed by atoms with E-state index in [4.69, 9.17) is 4.74 Å². The maximum Gasteiger partial charge on any atom is 0.326 e. The molecule has 3 aromatic heterocycles. The molecule has 1 atom stereocenters. The lowest BCUT2D eigenvalue weighted by atomic mass is 10.2. The van der Waals surface area contributed by atoms with Gasteiger partial charge >= 0.3 is 5.97 Å². The number of hydrogen-bond donors (Lipinski definition) is 1. The van der Waals surface area contributed by atoms with Crippen molar-refractivity contribution >= 4 is 38.4 Å². The molecule has 0 amide bonds. The van der Waals surface area contributed by atoms with Crippen LogP contribution in [0, 0.1) is 13.8 Å². The maximum atomic E-state index is 12.4. The van der Waals surface area contributed by atoms with Crippen LogP contribution < -0.4 is 5.56 Å². The number of thiophene rings is 1. The summed E-state index contributed by atoms with van der Waals surface area (Å²) >= 11 is 1.47. The van der Waals surface area contributed by atoms with Crippen molar-refractivity contribution in [3.05, 3.63) is 63.1 Å². The van der Waals surface area contributed by atoms with E-state index in [1.807, 2.05) is 54.9 Å². The third-order valence-corrected chi connectivity index (χ3v) is 5.83. The van der Waals surface area contributed by atoms with Gasteiger partial charge in [0.1, 0.15) is 11.4 Å². The molecule has 4 rings (SSSR count). The zero-order valence-corrected chi connectivity index (χ0v) is 16.1. The molecule has 0 aliphatic carbocycles. The first-order valence-electron chi connectivity index (χ1n) is 8.67. The molecule has 4 aromatic rings. The molecule has 0 aliphatic heterocycles. The minimum Gasteiger partial charge on any atom is -0.453 e. The second kappa shape index (κ2) is 6.66. The van der Waals surface area contributed by atoms with Crippen molar-refractivity contribution in [2.24, 2.45) is 0 Å². The minimum absolute atomic E-state index is 0.0988. The normalized spacial score (nSPS) is 12.6. The van der Waals surface area contributed by atoms with Crippen LogP contribution in [0.4, 0.5) is 0 Å². The van der Waals surface area contributed by atoms with Gasteiger partial charge in [0.15, 0.2) is 11.9 Å². The summed E-state index contributed by atoms with van der Waals surface area (Å²) in [4.78, 5) is 33.8. The van der Waals surface area contributed by atoms with E-state index in [2.05, 4.69) is 9.97 Å². The zero-order valence-electron chi connectivity index (χ0n) is 15.3.